The van der Waals surface area contributed by atoms with Gasteiger partial charge < -0.3 is 14.2 Å². The van der Waals surface area contributed by atoms with Crippen LogP contribution in [0, 0.1) is 11.8 Å². The molecule has 2 atom stereocenters. The van der Waals surface area contributed by atoms with Gasteiger partial charge in [-0.1, -0.05) is 247 Å². The SMILES string of the molecule is CCCCCCCCCCCC(=O)O[C@@H](COC(=O)CCCCCCCCCCCCCCCCC(C)C)COC(=O)CCCCCCCCCCCCC(C)CC. The predicted molar refractivity (Wildman–Crippen MR) is 247 cm³/mol. The second-order valence-corrected chi connectivity index (χ2v) is 18.5. The highest BCUT2D eigenvalue weighted by molar-refractivity contribution is 5.71. The van der Waals surface area contributed by atoms with Gasteiger partial charge in [0.1, 0.15) is 13.2 Å². The van der Waals surface area contributed by atoms with Gasteiger partial charge in [-0.2, -0.15) is 0 Å². The Morgan fingerprint density at radius 1 is 0.362 bits per heavy atom. The fourth-order valence-electron chi connectivity index (χ4n) is 7.78. The third-order valence-electron chi connectivity index (χ3n) is 12.1. The number of ether oxygens (including phenoxy) is 3. The molecule has 0 rings (SSSR count). The van der Waals surface area contributed by atoms with Gasteiger partial charge in [0.15, 0.2) is 6.10 Å². The number of rotatable bonds is 46. The quantitative estimate of drug-likeness (QED) is 0.0346. The Balaban J connectivity index is 4.24. The molecule has 58 heavy (non-hydrogen) atoms. The van der Waals surface area contributed by atoms with E-state index >= 15 is 0 Å². The molecule has 0 saturated carbocycles. The zero-order chi connectivity index (χ0) is 42.6. The van der Waals surface area contributed by atoms with Crippen LogP contribution in [0.1, 0.15) is 285 Å². The highest BCUT2D eigenvalue weighted by atomic mass is 16.6. The van der Waals surface area contributed by atoms with Crippen molar-refractivity contribution >= 4 is 17.9 Å². The molecule has 0 aromatic carbocycles. The average molecular weight is 821 g/mol. The van der Waals surface area contributed by atoms with Crippen LogP contribution in [0.5, 0.6) is 0 Å². The monoisotopic (exact) mass is 821 g/mol. The van der Waals surface area contributed by atoms with Crippen LogP contribution < -0.4 is 0 Å². The summed E-state index contributed by atoms with van der Waals surface area (Å²) < 4.78 is 16.8. The van der Waals surface area contributed by atoms with Crippen LogP contribution in [-0.4, -0.2) is 37.2 Å². The fraction of sp³-hybridized carbons (Fsp3) is 0.942. The highest BCUT2D eigenvalue weighted by Gasteiger charge is 2.19. The minimum atomic E-state index is -0.760. The van der Waals surface area contributed by atoms with E-state index in [4.69, 9.17) is 14.2 Å². The molecule has 0 bridgehead atoms. The summed E-state index contributed by atoms with van der Waals surface area (Å²) in [5, 5.41) is 0. The van der Waals surface area contributed by atoms with Crippen molar-refractivity contribution in [1.29, 1.82) is 0 Å². The van der Waals surface area contributed by atoms with E-state index in [1.165, 1.54) is 173 Å². The summed E-state index contributed by atoms with van der Waals surface area (Å²) in [6.45, 7) is 11.4. The number of esters is 3. The molecule has 6 heteroatoms. The largest absolute Gasteiger partial charge is 0.462 e. The Morgan fingerprint density at radius 3 is 0.983 bits per heavy atom. The van der Waals surface area contributed by atoms with Crippen LogP contribution in [0.3, 0.4) is 0 Å². The van der Waals surface area contributed by atoms with Gasteiger partial charge in [0.2, 0.25) is 0 Å². The molecular weight excluding hydrogens is 721 g/mol. The van der Waals surface area contributed by atoms with Gasteiger partial charge in [-0.15, -0.1) is 0 Å². The summed E-state index contributed by atoms with van der Waals surface area (Å²) in [5.41, 5.74) is 0. The number of hydrogen-bond acceptors (Lipinski definition) is 6. The van der Waals surface area contributed by atoms with Gasteiger partial charge in [-0.3, -0.25) is 14.4 Å². The van der Waals surface area contributed by atoms with Crippen LogP contribution in [0.15, 0.2) is 0 Å². The lowest BCUT2D eigenvalue weighted by Crippen LogP contribution is -2.30. The first-order chi connectivity index (χ1) is 28.3. The van der Waals surface area contributed by atoms with Gasteiger partial charge in [0.25, 0.3) is 0 Å². The topological polar surface area (TPSA) is 78.9 Å². The zero-order valence-electron chi connectivity index (χ0n) is 39.7. The molecule has 0 radical (unpaired) electrons. The normalized spacial score (nSPS) is 12.5. The van der Waals surface area contributed by atoms with Crippen LogP contribution in [0.2, 0.25) is 0 Å². The Bertz CT molecular complexity index is 887. The molecule has 344 valence electrons. The lowest BCUT2D eigenvalue weighted by atomic mass is 9.99. The Kier molecular flexibility index (Phi) is 43.7. The maximum absolute atomic E-state index is 12.7. The summed E-state index contributed by atoms with van der Waals surface area (Å²) in [6.07, 6.45) is 45.1. The van der Waals surface area contributed by atoms with Gasteiger partial charge in [0.05, 0.1) is 0 Å². The molecule has 0 fully saturated rings. The van der Waals surface area contributed by atoms with Gasteiger partial charge in [-0.25, -0.2) is 0 Å². The summed E-state index contributed by atoms with van der Waals surface area (Å²) >= 11 is 0. The van der Waals surface area contributed by atoms with Gasteiger partial charge >= 0.3 is 17.9 Å². The molecular formula is C52H100O6. The molecule has 0 spiro atoms. The molecule has 0 aliphatic rings. The molecule has 0 saturated heterocycles. The Labute approximate surface area is 361 Å². The maximum atomic E-state index is 12.7. The zero-order valence-corrected chi connectivity index (χ0v) is 39.7. The molecule has 0 amide bonds. The van der Waals surface area contributed by atoms with Crippen molar-refractivity contribution < 1.29 is 28.6 Å². The smallest absolute Gasteiger partial charge is 0.306 e. The molecule has 0 aliphatic carbocycles. The molecule has 0 heterocycles. The highest BCUT2D eigenvalue weighted by Crippen LogP contribution is 2.18. The van der Waals surface area contributed by atoms with Crippen LogP contribution in [0.4, 0.5) is 0 Å². The van der Waals surface area contributed by atoms with Crippen molar-refractivity contribution in [2.45, 2.75) is 291 Å². The molecule has 1 unspecified atom stereocenters. The summed E-state index contributed by atoms with van der Waals surface area (Å²) in [6, 6.07) is 0. The molecule has 0 aromatic rings. The molecule has 6 nitrogen and oxygen atoms in total. The Hall–Kier alpha value is -1.59. The van der Waals surface area contributed by atoms with Crippen molar-refractivity contribution in [3.05, 3.63) is 0 Å². The first-order valence-electron chi connectivity index (χ1n) is 25.8. The van der Waals surface area contributed by atoms with E-state index in [2.05, 4.69) is 34.6 Å². The third kappa shape index (κ3) is 44.0. The first-order valence-corrected chi connectivity index (χ1v) is 25.8. The summed E-state index contributed by atoms with van der Waals surface area (Å²) in [5.74, 6) is 0.863. The number of carbonyl (C=O) groups excluding carboxylic acids is 3. The lowest BCUT2D eigenvalue weighted by Gasteiger charge is -2.18. The molecule has 0 aromatic heterocycles. The standard InChI is InChI=1S/C52H100O6/c1-6-8-9-10-11-20-29-34-39-44-52(55)58-49(46-57-51(54)43-38-33-28-24-19-18-22-26-31-36-41-48(5)7-2)45-56-50(53)42-37-32-27-23-17-15-13-12-14-16-21-25-30-35-40-47(3)4/h47-49H,6-46H2,1-5H3/t48?,49-/m0/s1. The van der Waals surface area contributed by atoms with E-state index in [1.807, 2.05) is 0 Å². The van der Waals surface area contributed by atoms with E-state index in [0.29, 0.717) is 19.3 Å². The van der Waals surface area contributed by atoms with E-state index < -0.39 is 6.10 Å². The second-order valence-electron chi connectivity index (χ2n) is 18.5. The lowest BCUT2D eigenvalue weighted by molar-refractivity contribution is -0.167. The molecule has 0 aliphatic heterocycles. The predicted octanol–water partition coefficient (Wildman–Crippen LogP) is 16.5. The van der Waals surface area contributed by atoms with Gasteiger partial charge in [-0.05, 0) is 31.1 Å². The summed E-state index contributed by atoms with van der Waals surface area (Å²) in [4.78, 5) is 37.9. The van der Waals surface area contributed by atoms with E-state index in [9.17, 15) is 14.4 Å². The van der Waals surface area contributed by atoms with Crippen molar-refractivity contribution in [3.63, 3.8) is 0 Å². The number of unbranched alkanes of at least 4 members (excludes halogenated alkanes) is 30. The van der Waals surface area contributed by atoms with E-state index in [1.54, 1.807) is 0 Å². The second kappa shape index (κ2) is 44.9. The van der Waals surface area contributed by atoms with Crippen molar-refractivity contribution in [2.24, 2.45) is 11.8 Å². The third-order valence-corrected chi connectivity index (χ3v) is 12.1. The first kappa shape index (κ1) is 56.4. The summed E-state index contributed by atoms with van der Waals surface area (Å²) in [7, 11) is 0. The van der Waals surface area contributed by atoms with Gasteiger partial charge in [0, 0.05) is 19.3 Å². The van der Waals surface area contributed by atoms with E-state index in [0.717, 1.165) is 69.6 Å². The van der Waals surface area contributed by atoms with Crippen molar-refractivity contribution in [2.75, 3.05) is 13.2 Å². The van der Waals surface area contributed by atoms with Crippen molar-refractivity contribution in [1.82, 2.24) is 0 Å². The van der Waals surface area contributed by atoms with E-state index in [-0.39, 0.29) is 31.1 Å². The average Bonchev–Trinajstić information content (AvgIpc) is 3.21. The Morgan fingerprint density at radius 2 is 0.655 bits per heavy atom. The minimum Gasteiger partial charge on any atom is -0.462 e. The fourth-order valence-corrected chi connectivity index (χ4v) is 7.78. The minimum absolute atomic E-state index is 0.0639. The molecule has 0 N–H and O–H groups in total. The van der Waals surface area contributed by atoms with Crippen LogP contribution in [-0.2, 0) is 28.6 Å². The number of carbonyl (C=O) groups is 3. The van der Waals surface area contributed by atoms with Crippen molar-refractivity contribution in [3.8, 4) is 0 Å². The number of hydrogen-bond donors (Lipinski definition) is 0. The maximum Gasteiger partial charge on any atom is 0.306 e. The van der Waals surface area contributed by atoms with Crippen LogP contribution in [0.25, 0.3) is 0 Å². The van der Waals surface area contributed by atoms with Crippen LogP contribution >= 0.6 is 0 Å².